The van der Waals surface area contributed by atoms with E-state index in [0.29, 0.717) is 30.6 Å². The van der Waals surface area contributed by atoms with Crippen LogP contribution in [-0.4, -0.2) is 57.2 Å². The molecule has 4 heterocycles. The van der Waals surface area contributed by atoms with Crippen molar-refractivity contribution in [2.45, 2.75) is 24.5 Å². The topological polar surface area (TPSA) is 141 Å². The van der Waals surface area contributed by atoms with E-state index < -0.39 is 18.1 Å². The van der Waals surface area contributed by atoms with Gasteiger partial charge in [0, 0.05) is 18.9 Å². The van der Waals surface area contributed by atoms with Crippen molar-refractivity contribution < 1.29 is 9.84 Å². The number of benzene rings is 4. The molecule has 4 aromatic carbocycles. The minimum absolute atomic E-state index is 0.0506. The number of hydrogen-bond acceptors (Lipinski definition) is 11. The van der Waals surface area contributed by atoms with Crippen LogP contribution in [0.4, 0.5) is 16.2 Å². The van der Waals surface area contributed by atoms with Gasteiger partial charge in [-0.1, -0.05) is 89.4 Å². The molecule has 0 fully saturated rings. The lowest BCUT2D eigenvalue weighted by Crippen LogP contribution is -2.64. The Balaban J connectivity index is 1.26. The largest absolute Gasteiger partial charge is 0.497 e. The molecule has 0 aliphatic carbocycles. The van der Waals surface area contributed by atoms with Crippen molar-refractivity contribution in [3.05, 3.63) is 144 Å². The molecule has 54 heavy (non-hydrogen) atoms. The van der Waals surface area contributed by atoms with Gasteiger partial charge in [-0.2, -0.15) is 15.2 Å². The number of quaternary nitrogens is 1. The van der Waals surface area contributed by atoms with Gasteiger partial charge in [-0.15, -0.1) is 4.48 Å². The maximum Gasteiger partial charge on any atom is 0.316 e. The van der Waals surface area contributed by atoms with Crippen LogP contribution in [-0.2, 0) is 6.42 Å². The fourth-order valence-electron chi connectivity index (χ4n) is 6.67. The monoisotopic (exact) mass is 750 g/mol. The van der Waals surface area contributed by atoms with Crippen molar-refractivity contribution in [2.75, 3.05) is 25.5 Å². The summed E-state index contributed by atoms with van der Waals surface area (Å²) in [4.78, 5) is 25.1. The Morgan fingerprint density at radius 3 is 2.30 bits per heavy atom. The summed E-state index contributed by atoms with van der Waals surface area (Å²) in [5.74, 6) is 0.903. The molecule has 0 bridgehead atoms. The van der Waals surface area contributed by atoms with E-state index in [9.17, 15) is 10.4 Å². The quantitative estimate of drug-likeness (QED) is 0.106. The SMILES string of the molecule is COc1cccc(CCN=C2NC=CC(C(C#N)c3ccnc(NCC(O)c4ccccc4)n3)[N+]2(c2nc3ccccc3s2)c2nc3ccccc3s2)c1. The van der Waals surface area contributed by atoms with Crippen molar-refractivity contribution in [3.8, 4) is 11.8 Å². The van der Waals surface area contributed by atoms with Gasteiger partial charge in [-0.25, -0.2) is 15.0 Å². The second-order valence-electron chi connectivity index (χ2n) is 12.7. The van der Waals surface area contributed by atoms with E-state index in [1.54, 1.807) is 42.0 Å². The second kappa shape index (κ2) is 15.5. The number of aliphatic hydroxyl groups is 1. The molecule has 7 aromatic rings. The molecule has 0 saturated heterocycles. The molecule has 3 atom stereocenters. The Hall–Kier alpha value is -6.04. The molecule has 3 aromatic heterocycles. The number of hydrogen-bond donors (Lipinski definition) is 3. The van der Waals surface area contributed by atoms with Gasteiger partial charge in [-0.3, -0.25) is 0 Å². The molecule has 3 N–H and O–H groups in total. The summed E-state index contributed by atoms with van der Waals surface area (Å²) >= 11 is 3.12. The first kappa shape index (κ1) is 35.0. The lowest BCUT2D eigenvalue weighted by Gasteiger charge is -2.41. The first-order valence-corrected chi connectivity index (χ1v) is 19.1. The highest BCUT2D eigenvalue weighted by Crippen LogP contribution is 2.49. The van der Waals surface area contributed by atoms with Crippen molar-refractivity contribution in [1.29, 1.82) is 5.26 Å². The highest BCUT2D eigenvalue weighted by atomic mass is 32.1. The van der Waals surface area contributed by atoms with Gasteiger partial charge in [-0.05, 0) is 66.1 Å². The summed E-state index contributed by atoms with van der Waals surface area (Å²) in [6.45, 7) is 0.647. The van der Waals surface area contributed by atoms with Crippen LogP contribution in [0.25, 0.3) is 20.4 Å². The Bertz CT molecular complexity index is 2370. The fraction of sp³-hybridized carbons (Fsp3) is 0.171. The van der Waals surface area contributed by atoms with Crippen LogP contribution < -0.4 is 19.9 Å². The Morgan fingerprint density at radius 1 is 0.907 bits per heavy atom. The van der Waals surface area contributed by atoms with E-state index in [1.165, 1.54) is 0 Å². The highest BCUT2D eigenvalue weighted by molar-refractivity contribution is 7.24. The smallest absolute Gasteiger partial charge is 0.316 e. The van der Waals surface area contributed by atoms with Crippen LogP contribution in [0.5, 0.6) is 5.75 Å². The number of guanidine groups is 1. The number of nitriles is 1. The number of aliphatic imine (C=N–C) groups is 1. The van der Waals surface area contributed by atoms with Crippen molar-refractivity contribution in [2.24, 2.45) is 4.99 Å². The van der Waals surface area contributed by atoms with Crippen LogP contribution in [0.15, 0.2) is 133 Å². The summed E-state index contributed by atoms with van der Waals surface area (Å²) in [7, 11) is 1.66. The summed E-state index contributed by atoms with van der Waals surface area (Å²) in [6.07, 6.45) is 5.39. The predicted octanol–water partition coefficient (Wildman–Crippen LogP) is 7.88. The van der Waals surface area contributed by atoms with Crippen LogP contribution in [0.2, 0.25) is 0 Å². The summed E-state index contributed by atoms with van der Waals surface area (Å²) < 4.78 is 7.44. The number of aliphatic hydroxyl groups excluding tert-OH is 1. The average molecular weight is 751 g/mol. The van der Waals surface area contributed by atoms with Gasteiger partial charge in [0.2, 0.25) is 5.95 Å². The Morgan fingerprint density at radius 2 is 1.61 bits per heavy atom. The second-order valence-corrected chi connectivity index (χ2v) is 14.7. The number of thiazole rings is 2. The van der Waals surface area contributed by atoms with Crippen LogP contribution in [0.1, 0.15) is 28.8 Å². The van der Waals surface area contributed by atoms with E-state index in [2.05, 4.69) is 39.9 Å². The minimum Gasteiger partial charge on any atom is -0.497 e. The Kier molecular flexibility index (Phi) is 10.1. The standard InChI is InChI=1S/C41H36N9O2S2/c1-52-29-13-9-10-27(24-29)18-21-44-39-45-23-20-34(30(25-42)31-19-22-43-38(47-31)46-26-35(51)28-11-3-2-4-12-28)50(39,40-48-32-14-5-7-16-36(32)53-40)41-49-33-15-6-8-17-37(33)54-41/h2-17,19-20,22-24,30,34-35,51H,18,21,26H2,1H3,(H,44,45)(H,43,46,47)/q+1. The molecule has 0 amide bonds. The molecule has 1 aliphatic rings. The van der Waals surface area contributed by atoms with Crippen LogP contribution in [0, 0.1) is 11.3 Å². The molecule has 13 heteroatoms. The number of aromatic nitrogens is 4. The third-order valence-corrected chi connectivity index (χ3v) is 11.6. The van der Waals surface area contributed by atoms with Gasteiger partial charge in [0.1, 0.15) is 11.7 Å². The number of nitrogens with one attached hydrogen (secondary N) is 2. The maximum absolute atomic E-state index is 11.1. The van der Waals surface area contributed by atoms with E-state index in [-0.39, 0.29) is 11.0 Å². The predicted molar refractivity (Wildman–Crippen MR) is 216 cm³/mol. The van der Waals surface area contributed by atoms with Crippen molar-refractivity contribution in [3.63, 3.8) is 0 Å². The van der Waals surface area contributed by atoms with Gasteiger partial charge in [0.25, 0.3) is 0 Å². The molecule has 8 rings (SSSR count). The molecule has 0 radical (unpaired) electrons. The Labute approximate surface area is 320 Å². The number of nitrogens with zero attached hydrogens (tertiary/aromatic N) is 7. The van der Waals surface area contributed by atoms with Crippen LogP contribution >= 0.6 is 22.7 Å². The molecular weight excluding hydrogens is 715 g/mol. The third-order valence-electron chi connectivity index (χ3n) is 9.37. The summed E-state index contributed by atoms with van der Waals surface area (Å²) in [5.41, 5.74) is 4.08. The van der Waals surface area contributed by atoms with Gasteiger partial charge in [0.15, 0.2) is 6.04 Å². The molecule has 0 spiro atoms. The lowest BCUT2D eigenvalue weighted by atomic mass is 9.93. The van der Waals surface area contributed by atoms with Crippen LogP contribution in [0.3, 0.4) is 0 Å². The molecule has 268 valence electrons. The number of methoxy groups -OCH3 is 1. The number of rotatable bonds is 12. The normalized spacial score (nSPS) is 16.8. The fourth-order valence-corrected chi connectivity index (χ4v) is 9.02. The molecule has 3 unspecified atom stereocenters. The molecular formula is C41H36N9O2S2+. The maximum atomic E-state index is 11.1. The first-order chi connectivity index (χ1) is 26.6. The zero-order chi connectivity index (χ0) is 36.9. The minimum atomic E-state index is -0.798. The van der Waals surface area contributed by atoms with Gasteiger partial charge < -0.3 is 20.5 Å². The van der Waals surface area contributed by atoms with Gasteiger partial charge >= 0.3 is 16.2 Å². The zero-order valence-electron chi connectivity index (χ0n) is 29.3. The number of para-hydroxylation sites is 2. The third kappa shape index (κ3) is 6.79. The van der Waals surface area contributed by atoms with E-state index in [0.717, 1.165) is 47.6 Å². The first-order valence-electron chi connectivity index (χ1n) is 17.5. The van der Waals surface area contributed by atoms with E-state index in [1.807, 2.05) is 97.2 Å². The molecule has 11 nitrogen and oxygen atoms in total. The zero-order valence-corrected chi connectivity index (χ0v) is 30.9. The van der Waals surface area contributed by atoms with Gasteiger partial charge in [0.05, 0.1) is 52.0 Å². The summed E-state index contributed by atoms with van der Waals surface area (Å²) in [5, 5.41) is 30.1. The number of fused-ring (bicyclic) bond motifs is 2. The van der Waals surface area contributed by atoms with Crippen molar-refractivity contribution in [1.82, 2.24) is 29.7 Å². The molecule has 0 saturated carbocycles. The lowest BCUT2D eigenvalue weighted by molar-refractivity contribution is 0.191. The summed E-state index contributed by atoms with van der Waals surface area (Å²) in [6, 6.07) is 37.3. The van der Waals surface area contributed by atoms with E-state index >= 15 is 0 Å². The van der Waals surface area contributed by atoms with E-state index in [4.69, 9.17) is 24.7 Å². The average Bonchev–Trinajstić information content (AvgIpc) is 3.86. The highest BCUT2D eigenvalue weighted by Gasteiger charge is 2.56. The van der Waals surface area contributed by atoms with Crippen molar-refractivity contribution >= 4 is 65.3 Å². The number of ether oxygens (including phenoxy) is 1. The number of anilines is 1. The molecule has 1 aliphatic heterocycles.